The Kier molecular flexibility index (Phi) is 7.40. The van der Waals surface area contributed by atoms with Crippen molar-refractivity contribution in [1.29, 1.82) is 0 Å². The van der Waals surface area contributed by atoms with Gasteiger partial charge in [-0.05, 0) is 92.9 Å². The second-order valence-corrected chi connectivity index (χ2v) is 16.2. The van der Waals surface area contributed by atoms with Crippen LogP contribution >= 0.6 is 10.0 Å². The Labute approximate surface area is 195 Å². The molecular weight excluding hydrogens is 442 g/mol. The van der Waals surface area contributed by atoms with Gasteiger partial charge < -0.3 is 5.32 Å². The molecule has 3 aliphatic rings. The summed E-state index contributed by atoms with van der Waals surface area (Å²) in [6.45, 7) is 2.67. The molecule has 1 saturated carbocycles. The quantitative estimate of drug-likeness (QED) is 0.430. The van der Waals surface area contributed by atoms with Crippen molar-refractivity contribution in [3.63, 3.8) is 0 Å². The lowest BCUT2D eigenvalue weighted by Gasteiger charge is -2.37. The Morgan fingerprint density at radius 3 is 2.41 bits per heavy atom. The maximum atomic E-state index is 13.5. The van der Waals surface area contributed by atoms with Crippen molar-refractivity contribution < 1.29 is 17.8 Å². The third-order valence-electron chi connectivity index (χ3n) is 8.26. The molecule has 0 spiro atoms. The molecular formula is C25H39NO4S2. The predicted octanol–water partition coefficient (Wildman–Crippen LogP) is 5.21. The summed E-state index contributed by atoms with van der Waals surface area (Å²) in [5.41, 5.74) is 3.11. The van der Waals surface area contributed by atoms with E-state index in [4.69, 9.17) is 0 Å². The third-order valence-corrected chi connectivity index (χ3v) is 13.9. The van der Waals surface area contributed by atoms with Crippen LogP contribution < -0.4 is 5.32 Å². The lowest BCUT2D eigenvalue weighted by atomic mass is 9.79. The Bertz CT molecular complexity index is 933. The van der Waals surface area contributed by atoms with Gasteiger partial charge in [0, 0.05) is 16.9 Å². The van der Waals surface area contributed by atoms with E-state index in [1.165, 1.54) is 49.2 Å². The summed E-state index contributed by atoms with van der Waals surface area (Å²) in [5, 5.41) is 2.81. The SMILES string of the molecule is C[C@@H](C(=O)c1ccc(C2CCCCC2)c(C2CC(S(=O)(=O)O)CCN2)c1)S1(C)CCCC1. The number of carbonyl (C=O) groups excluding carboxylic acids is 1. The largest absolute Gasteiger partial charge is 0.310 e. The van der Waals surface area contributed by atoms with Gasteiger partial charge in [0.1, 0.15) is 0 Å². The van der Waals surface area contributed by atoms with Crippen LogP contribution in [0.25, 0.3) is 0 Å². The van der Waals surface area contributed by atoms with Crippen LogP contribution in [-0.4, -0.2) is 53.6 Å². The number of nitrogens with one attached hydrogen (secondary N) is 1. The molecule has 0 aromatic heterocycles. The fraction of sp³-hybridized carbons (Fsp3) is 0.720. The number of Topliss-reactive ketones (excluding diaryl/α,β-unsaturated/α-hetero) is 1. The standard InChI is InChI=1S/C25H39NO4S2/c1-18(31(2)14-6-7-15-31)25(27)20-10-11-22(19-8-4-3-5-9-19)23(16-20)24-17-21(12-13-26-24)32(28,29)30/h10-11,16,18-19,21,24,26H,3-9,12-15,17H2,1-2H3,(H,28,29,30)/t18-,21?,24?/m0/s1. The monoisotopic (exact) mass is 481 g/mol. The van der Waals surface area contributed by atoms with Crippen LogP contribution in [0.4, 0.5) is 0 Å². The number of benzene rings is 1. The van der Waals surface area contributed by atoms with Gasteiger partial charge >= 0.3 is 0 Å². The molecule has 5 nitrogen and oxygen atoms in total. The van der Waals surface area contributed by atoms with Crippen LogP contribution in [0.1, 0.15) is 98.2 Å². The Balaban J connectivity index is 1.67. The minimum Gasteiger partial charge on any atom is -0.310 e. The molecule has 1 aromatic carbocycles. The maximum Gasteiger partial charge on any atom is 0.267 e. The van der Waals surface area contributed by atoms with Gasteiger partial charge in [-0.1, -0.05) is 31.4 Å². The highest BCUT2D eigenvalue weighted by atomic mass is 32.3. The topological polar surface area (TPSA) is 83.5 Å². The van der Waals surface area contributed by atoms with Gasteiger partial charge in [-0.15, -0.1) is 0 Å². The number of ketones is 1. The maximum absolute atomic E-state index is 13.5. The zero-order chi connectivity index (χ0) is 22.9. The van der Waals surface area contributed by atoms with Crippen molar-refractivity contribution in [2.45, 2.75) is 87.2 Å². The Hall–Kier alpha value is -0.890. The molecule has 0 bridgehead atoms. The summed E-state index contributed by atoms with van der Waals surface area (Å²) in [5.74, 6) is 3.08. The first-order chi connectivity index (χ1) is 15.2. The lowest BCUT2D eigenvalue weighted by molar-refractivity contribution is 0.0992. The second kappa shape index (κ2) is 9.77. The van der Waals surface area contributed by atoms with E-state index in [9.17, 15) is 17.8 Å². The van der Waals surface area contributed by atoms with Gasteiger partial charge in [-0.3, -0.25) is 9.35 Å². The van der Waals surface area contributed by atoms with Gasteiger partial charge in [-0.2, -0.15) is 8.42 Å². The zero-order valence-corrected chi connectivity index (χ0v) is 21.1. The van der Waals surface area contributed by atoms with Gasteiger partial charge in [0.25, 0.3) is 10.1 Å². The fourth-order valence-electron chi connectivity index (χ4n) is 6.02. The Morgan fingerprint density at radius 1 is 1.06 bits per heavy atom. The average molecular weight is 482 g/mol. The van der Waals surface area contributed by atoms with E-state index in [2.05, 4.69) is 30.6 Å². The molecule has 4 rings (SSSR count). The Morgan fingerprint density at radius 2 is 1.75 bits per heavy atom. The van der Waals surface area contributed by atoms with E-state index in [-0.39, 0.29) is 17.1 Å². The van der Waals surface area contributed by atoms with E-state index in [1.807, 2.05) is 6.07 Å². The second-order valence-electron chi connectivity index (χ2n) is 10.3. The molecule has 2 unspecified atom stereocenters. The van der Waals surface area contributed by atoms with Crippen molar-refractivity contribution in [3.05, 3.63) is 34.9 Å². The number of rotatable bonds is 6. The van der Waals surface area contributed by atoms with E-state index < -0.39 is 25.4 Å². The summed E-state index contributed by atoms with van der Waals surface area (Å²) in [6, 6.07) is 6.08. The van der Waals surface area contributed by atoms with Crippen molar-refractivity contribution >= 4 is 25.9 Å². The zero-order valence-electron chi connectivity index (χ0n) is 19.5. The van der Waals surface area contributed by atoms with Crippen molar-refractivity contribution in [2.24, 2.45) is 0 Å². The van der Waals surface area contributed by atoms with E-state index in [1.54, 1.807) is 0 Å². The third kappa shape index (κ3) is 5.11. The molecule has 7 heteroatoms. The summed E-state index contributed by atoms with van der Waals surface area (Å²) in [7, 11) is -4.97. The fourth-order valence-corrected chi connectivity index (χ4v) is 10.2. The van der Waals surface area contributed by atoms with Crippen molar-refractivity contribution in [3.8, 4) is 0 Å². The van der Waals surface area contributed by atoms with Gasteiger partial charge in [0.2, 0.25) is 0 Å². The first-order valence-corrected chi connectivity index (χ1v) is 16.2. The van der Waals surface area contributed by atoms with E-state index >= 15 is 0 Å². The molecule has 0 radical (unpaired) electrons. The van der Waals surface area contributed by atoms with Crippen molar-refractivity contribution in [2.75, 3.05) is 24.3 Å². The highest BCUT2D eigenvalue weighted by molar-refractivity contribution is 8.34. The molecule has 1 aromatic rings. The lowest BCUT2D eigenvalue weighted by Crippen LogP contribution is -2.38. The van der Waals surface area contributed by atoms with Gasteiger partial charge in [0.15, 0.2) is 5.78 Å². The van der Waals surface area contributed by atoms with Crippen LogP contribution in [0.5, 0.6) is 0 Å². The smallest absolute Gasteiger partial charge is 0.267 e. The van der Waals surface area contributed by atoms with Crippen molar-refractivity contribution in [1.82, 2.24) is 5.32 Å². The van der Waals surface area contributed by atoms with Gasteiger partial charge in [-0.25, -0.2) is 10.0 Å². The molecule has 1 aliphatic carbocycles. The molecule has 32 heavy (non-hydrogen) atoms. The first-order valence-electron chi connectivity index (χ1n) is 12.3. The summed E-state index contributed by atoms with van der Waals surface area (Å²) < 4.78 is 33.4. The summed E-state index contributed by atoms with van der Waals surface area (Å²) in [6.07, 6.45) is 11.6. The minimum absolute atomic E-state index is 0.0586. The molecule has 3 atom stereocenters. The van der Waals surface area contributed by atoms with Crippen LogP contribution in [0.15, 0.2) is 18.2 Å². The summed E-state index contributed by atoms with van der Waals surface area (Å²) in [4.78, 5) is 13.5. The normalized spacial score (nSPS) is 28.8. The van der Waals surface area contributed by atoms with Crippen LogP contribution in [-0.2, 0) is 10.1 Å². The molecule has 3 fully saturated rings. The minimum atomic E-state index is -4.07. The molecule has 180 valence electrons. The molecule has 2 saturated heterocycles. The number of carbonyl (C=O) groups is 1. The highest BCUT2D eigenvalue weighted by Crippen LogP contribution is 2.55. The first kappa shape index (κ1) is 24.2. The van der Waals surface area contributed by atoms with Gasteiger partial charge in [0.05, 0.1) is 5.25 Å². The molecule has 2 N–H and O–H groups in total. The van der Waals surface area contributed by atoms with E-state index in [0.717, 1.165) is 24.0 Å². The number of hydrogen-bond acceptors (Lipinski definition) is 4. The van der Waals surface area contributed by atoms with Crippen LogP contribution in [0.3, 0.4) is 0 Å². The molecule has 0 amide bonds. The number of piperidine rings is 1. The van der Waals surface area contributed by atoms with Crippen LogP contribution in [0.2, 0.25) is 0 Å². The molecule has 2 heterocycles. The highest BCUT2D eigenvalue weighted by Gasteiger charge is 2.36. The number of hydrogen-bond donors (Lipinski definition) is 2. The van der Waals surface area contributed by atoms with Crippen LogP contribution in [0, 0.1) is 0 Å². The predicted molar refractivity (Wildman–Crippen MR) is 134 cm³/mol. The molecule has 2 aliphatic heterocycles. The average Bonchev–Trinajstić information content (AvgIpc) is 3.25. The summed E-state index contributed by atoms with van der Waals surface area (Å²) >= 11 is 0. The van der Waals surface area contributed by atoms with E-state index in [0.29, 0.717) is 25.3 Å².